The van der Waals surface area contributed by atoms with Gasteiger partial charge in [0.25, 0.3) is 0 Å². The molecule has 0 aromatic carbocycles. The second-order valence-electron chi connectivity index (χ2n) is 25.1. The summed E-state index contributed by atoms with van der Waals surface area (Å²) in [5.74, 6) is -0.00741. The number of phosphoric acid groups is 2. The van der Waals surface area contributed by atoms with Crippen LogP contribution in [0.4, 0.5) is 0 Å². The normalized spacial score (nSPS) is 14.8. The number of esters is 4. The summed E-state index contributed by atoms with van der Waals surface area (Å²) in [6.07, 6.45) is 44.1. The van der Waals surface area contributed by atoms with E-state index in [1.54, 1.807) is 0 Å². The molecule has 0 saturated carbocycles. The van der Waals surface area contributed by atoms with Gasteiger partial charge in [0.05, 0.1) is 26.4 Å². The van der Waals surface area contributed by atoms with Crippen LogP contribution in [0.3, 0.4) is 0 Å². The van der Waals surface area contributed by atoms with Crippen LogP contribution in [0.2, 0.25) is 0 Å². The molecule has 3 N–H and O–H groups in total. The van der Waals surface area contributed by atoms with Crippen LogP contribution >= 0.6 is 15.6 Å². The van der Waals surface area contributed by atoms with Crippen molar-refractivity contribution in [3.05, 3.63) is 24.3 Å². The Hall–Kier alpha value is -2.46. The number of aliphatic hydroxyl groups is 1. The van der Waals surface area contributed by atoms with Crippen molar-refractivity contribution in [3.8, 4) is 0 Å². The number of aliphatic hydroxyl groups excluding tert-OH is 1. The summed E-state index contributed by atoms with van der Waals surface area (Å²) in [5.41, 5.74) is 0. The number of phosphoric ester groups is 2. The van der Waals surface area contributed by atoms with Crippen molar-refractivity contribution in [2.24, 2.45) is 17.8 Å². The molecule has 0 rings (SSSR count). The average molecular weight is 1280 g/mol. The SMILES string of the molecule is CCCCCC/C=C\C=C/CCCCCCCC(=O)OC[C@H](COP(=O)(O)OC[C@@H](O)COP(=O)(O)OC[C@@H](COC(=O)CCCCCCCCC(C)CC)OC(=O)CCCCCCCCCC(C)C)OC(=O)CCCCCCCCCCCC(C)C. The molecular weight excluding hydrogens is 1150 g/mol. The van der Waals surface area contributed by atoms with Gasteiger partial charge in [0.15, 0.2) is 12.2 Å². The third-order valence-electron chi connectivity index (χ3n) is 15.4. The number of carbonyl (C=O) groups is 4. The van der Waals surface area contributed by atoms with Crippen LogP contribution in [0.5, 0.6) is 0 Å². The highest BCUT2D eigenvalue weighted by Crippen LogP contribution is 2.45. The van der Waals surface area contributed by atoms with E-state index in [4.69, 9.17) is 37.0 Å². The number of allylic oxidation sites excluding steroid dienone is 4. The molecule has 0 heterocycles. The Bertz CT molecular complexity index is 1810. The third-order valence-corrected chi connectivity index (χ3v) is 17.3. The quantitative estimate of drug-likeness (QED) is 0.0169. The smallest absolute Gasteiger partial charge is 0.462 e. The molecule has 0 fully saturated rings. The molecule has 0 bridgehead atoms. The van der Waals surface area contributed by atoms with Gasteiger partial charge in [0.1, 0.15) is 19.3 Å². The van der Waals surface area contributed by atoms with Crippen LogP contribution in [0.15, 0.2) is 24.3 Å². The summed E-state index contributed by atoms with van der Waals surface area (Å²) in [7, 11) is -9.91. The van der Waals surface area contributed by atoms with E-state index in [0.29, 0.717) is 31.6 Å². The Morgan fingerprint density at radius 1 is 0.379 bits per heavy atom. The lowest BCUT2D eigenvalue weighted by Gasteiger charge is -2.21. The van der Waals surface area contributed by atoms with Crippen LogP contribution in [0.1, 0.15) is 312 Å². The Morgan fingerprint density at radius 2 is 0.678 bits per heavy atom. The molecule has 0 spiro atoms. The number of rotatable bonds is 64. The number of hydrogen-bond donors (Lipinski definition) is 3. The minimum atomic E-state index is -4.96. The molecule has 0 saturated heterocycles. The van der Waals surface area contributed by atoms with Gasteiger partial charge in [0, 0.05) is 25.7 Å². The highest BCUT2D eigenvalue weighted by atomic mass is 31.2. The van der Waals surface area contributed by atoms with Crippen LogP contribution in [-0.4, -0.2) is 96.7 Å². The van der Waals surface area contributed by atoms with Crippen molar-refractivity contribution < 1.29 is 80.2 Å². The van der Waals surface area contributed by atoms with Crippen molar-refractivity contribution in [1.29, 1.82) is 0 Å². The number of ether oxygens (including phenoxy) is 4. The summed E-state index contributed by atoms with van der Waals surface area (Å²) in [6, 6.07) is 0. The molecular formula is C68H128O17P2. The van der Waals surface area contributed by atoms with Gasteiger partial charge in [0.2, 0.25) is 0 Å². The van der Waals surface area contributed by atoms with Gasteiger partial charge in [-0.2, -0.15) is 0 Å². The van der Waals surface area contributed by atoms with Gasteiger partial charge < -0.3 is 33.8 Å². The second-order valence-corrected chi connectivity index (χ2v) is 28.0. The van der Waals surface area contributed by atoms with Crippen LogP contribution in [0, 0.1) is 17.8 Å². The van der Waals surface area contributed by atoms with E-state index < -0.39 is 97.5 Å². The largest absolute Gasteiger partial charge is 0.472 e. The van der Waals surface area contributed by atoms with E-state index >= 15 is 0 Å². The van der Waals surface area contributed by atoms with Crippen molar-refractivity contribution in [2.75, 3.05) is 39.6 Å². The molecule has 0 aromatic heterocycles. The lowest BCUT2D eigenvalue weighted by molar-refractivity contribution is -0.161. The molecule has 17 nitrogen and oxygen atoms in total. The molecule has 0 aliphatic heterocycles. The minimum Gasteiger partial charge on any atom is -0.462 e. The van der Waals surface area contributed by atoms with Gasteiger partial charge in [-0.3, -0.25) is 37.3 Å². The highest BCUT2D eigenvalue weighted by Gasteiger charge is 2.30. The first-order valence-electron chi connectivity index (χ1n) is 34.7. The zero-order chi connectivity index (χ0) is 64.5. The first-order valence-corrected chi connectivity index (χ1v) is 37.7. The summed E-state index contributed by atoms with van der Waals surface area (Å²) >= 11 is 0. The molecule has 6 atom stereocenters. The minimum absolute atomic E-state index is 0.0977. The zero-order valence-corrected chi connectivity index (χ0v) is 57.7. The van der Waals surface area contributed by atoms with E-state index in [9.17, 15) is 43.2 Å². The monoisotopic (exact) mass is 1280 g/mol. The van der Waals surface area contributed by atoms with Crippen molar-refractivity contribution in [1.82, 2.24) is 0 Å². The van der Waals surface area contributed by atoms with Crippen LogP contribution < -0.4 is 0 Å². The molecule has 3 unspecified atom stereocenters. The summed E-state index contributed by atoms with van der Waals surface area (Å²) in [4.78, 5) is 72.4. The first kappa shape index (κ1) is 84.5. The highest BCUT2D eigenvalue weighted by molar-refractivity contribution is 7.47. The Morgan fingerprint density at radius 3 is 1.02 bits per heavy atom. The van der Waals surface area contributed by atoms with E-state index in [-0.39, 0.29) is 25.7 Å². The molecule has 0 aliphatic carbocycles. The fourth-order valence-corrected chi connectivity index (χ4v) is 11.2. The fourth-order valence-electron chi connectivity index (χ4n) is 9.61. The van der Waals surface area contributed by atoms with Crippen LogP contribution in [0.25, 0.3) is 0 Å². The van der Waals surface area contributed by atoms with Gasteiger partial charge in [-0.05, 0) is 69.1 Å². The second kappa shape index (κ2) is 58.6. The van der Waals surface area contributed by atoms with Crippen molar-refractivity contribution >= 4 is 39.5 Å². The molecule has 0 amide bonds. The predicted octanol–water partition coefficient (Wildman–Crippen LogP) is 18.6. The Kier molecular flexibility index (Phi) is 57.0. The molecule has 0 radical (unpaired) electrons. The maximum atomic E-state index is 13.0. The molecule has 0 aromatic rings. The number of carbonyl (C=O) groups excluding carboxylic acids is 4. The maximum Gasteiger partial charge on any atom is 0.472 e. The predicted molar refractivity (Wildman–Crippen MR) is 349 cm³/mol. The number of unbranched alkanes of at least 4 members (excludes halogenated alkanes) is 28. The third kappa shape index (κ3) is 60.9. The Labute approximate surface area is 529 Å². The van der Waals surface area contributed by atoms with Gasteiger partial charge >= 0.3 is 39.5 Å². The van der Waals surface area contributed by atoms with E-state index in [2.05, 4.69) is 72.8 Å². The van der Waals surface area contributed by atoms with Gasteiger partial charge in [-0.15, -0.1) is 0 Å². The van der Waals surface area contributed by atoms with Gasteiger partial charge in [-0.25, -0.2) is 9.13 Å². The summed E-state index contributed by atoms with van der Waals surface area (Å²) in [5, 5.41) is 10.6. The maximum absolute atomic E-state index is 13.0. The lowest BCUT2D eigenvalue weighted by atomic mass is 10.00. The standard InChI is InChI=1S/C68H128O17P2/c1-8-10-11-12-13-14-15-16-17-18-19-22-27-35-42-49-65(70)78-55-63(84-67(72)51-44-37-28-23-20-21-25-32-39-46-59(3)4)57-82-86(74,75)80-53-62(69)54-81-87(76,77)83-58-64(85-68(73)52-45-38-29-24-26-33-40-47-60(5)6)56-79-66(71)50-43-36-31-30-34-41-48-61(7)9-2/h14-17,59-64,69H,8-13,18-58H2,1-7H3,(H,74,75)(H,76,77)/b15-14-,17-16-/t61?,62-,63-,64-/m1/s1. The number of hydrogen-bond acceptors (Lipinski definition) is 15. The molecule has 19 heteroatoms. The molecule has 0 aliphatic rings. The summed E-state index contributed by atoms with van der Waals surface area (Å²) in [6.45, 7) is 11.6. The van der Waals surface area contributed by atoms with Crippen LogP contribution in [-0.2, 0) is 65.4 Å². The van der Waals surface area contributed by atoms with E-state index in [1.165, 1.54) is 96.3 Å². The molecule has 512 valence electrons. The molecule has 87 heavy (non-hydrogen) atoms. The van der Waals surface area contributed by atoms with E-state index in [0.717, 1.165) is 127 Å². The topological polar surface area (TPSA) is 237 Å². The summed E-state index contributed by atoms with van der Waals surface area (Å²) < 4.78 is 68.1. The van der Waals surface area contributed by atoms with Crippen molar-refractivity contribution in [2.45, 2.75) is 330 Å². The first-order chi connectivity index (χ1) is 41.8. The lowest BCUT2D eigenvalue weighted by Crippen LogP contribution is -2.30. The Balaban J connectivity index is 5.28. The van der Waals surface area contributed by atoms with Crippen molar-refractivity contribution in [3.63, 3.8) is 0 Å². The average Bonchev–Trinajstić information content (AvgIpc) is 3.50. The fraction of sp³-hybridized carbons (Fsp3) is 0.882. The van der Waals surface area contributed by atoms with E-state index in [1.807, 2.05) is 0 Å². The zero-order valence-electron chi connectivity index (χ0n) is 56.0. The van der Waals surface area contributed by atoms with Gasteiger partial charge in [-0.1, -0.05) is 259 Å².